The lowest BCUT2D eigenvalue weighted by atomic mass is 10.0. The van der Waals surface area contributed by atoms with Crippen LogP contribution in [0.3, 0.4) is 0 Å². The molecule has 0 saturated carbocycles. The minimum atomic E-state index is -0.176. The number of fused-ring (bicyclic) bond motifs is 1. The van der Waals surface area contributed by atoms with E-state index in [1.54, 1.807) is 0 Å². The van der Waals surface area contributed by atoms with E-state index in [9.17, 15) is 4.39 Å². The van der Waals surface area contributed by atoms with E-state index in [1.165, 1.54) is 6.20 Å². The van der Waals surface area contributed by atoms with Gasteiger partial charge in [-0.3, -0.25) is 0 Å². The molecule has 0 spiro atoms. The number of amidine groups is 1. The van der Waals surface area contributed by atoms with Crippen LogP contribution in [0.4, 0.5) is 10.2 Å². The van der Waals surface area contributed by atoms with Crippen molar-refractivity contribution in [2.24, 2.45) is 10.9 Å². The van der Waals surface area contributed by atoms with Crippen LogP contribution < -0.4 is 5.32 Å². The predicted octanol–water partition coefficient (Wildman–Crippen LogP) is 3.90. The van der Waals surface area contributed by atoms with E-state index in [4.69, 9.17) is 0 Å². The highest BCUT2D eigenvalue weighted by atomic mass is 19.1. The lowest BCUT2D eigenvalue weighted by molar-refractivity contribution is 0.543. The third-order valence-electron chi connectivity index (χ3n) is 3.17. The maximum absolute atomic E-state index is 13.1. The Morgan fingerprint density at radius 3 is 2.89 bits per heavy atom. The van der Waals surface area contributed by atoms with Gasteiger partial charge in [-0.1, -0.05) is 25.1 Å². The number of hydrogen-bond donors (Lipinski definition) is 1. The molecule has 0 amide bonds. The molecule has 19 heavy (non-hydrogen) atoms. The van der Waals surface area contributed by atoms with Gasteiger partial charge in [-0.05, 0) is 18.2 Å². The van der Waals surface area contributed by atoms with E-state index in [1.807, 2.05) is 43.3 Å². The quantitative estimate of drug-likeness (QED) is 0.839. The number of nitrogens with zero attached hydrogens (tertiary/aromatic N) is 2. The Bertz CT molecular complexity index is 676. The highest BCUT2D eigenvalue weighted by molar-refractivity contribution is 5.98. The SMILES string of the molecule is CC1CC(F)=CN=C1Nc1ccc2ccccc2n1. The summed E-state index contributed by atoms with van der Waals surface area (Å²) >= 11 is 0. The fraction of sp³-hybridized carbons (Fsp3) is 0.200. The van der Waals surface area contributed by atoms with Crippen molar-refractivity contribution in [3.05, 3.63) is 48.4 Å². The normalized spacial score (nSPS) is 18.9. The molecule has 1 aliphatic heterocycles. The number of benzene rings is 1. The molecule has 3 rings (SSSR count). The number of rotatable bonds is 1. The number of halogens is 1. The van der Waals surface area contributed by atoms with Crippen molar-refractivity contribution in [1.82, 2.24) is 4.98 Å². The minimum Gasteiger partial charge on any atom is -0.328 e. The molecule has 0 radical (unpaired) electrons. The summed E-state index contributed by atoms with van der Waals surface area (Å²) in [4.78, 5) is 8.61. The minimum absolute atomic E-state index is 0.0401. The van der Waals surface area contributed by atoms with Crippen molar-refractivity contribution in [2.45, 2.75) is 13.3 Å². The first-order chi connectivity index (χ1) is 9.22. The van der Waals surface area contributed by atoms with Gasteiger partial charge in [0.25, 0.3) is 0 Å². The first-order valence-corrected chi connectivity index (χ1v) is 6.27. The fourth-order valence-corrected chi connectivity index (χ4v) is 2.13. The third-order valence-corrected chi connectivity index (χ3v) is 3.17. The van der Waals surface area contributed by atoms with E-state index in [2.05, 4.69) is 15.3 Å². The zero-order chi connectivity index (χ0) is 13.2. The van der Waals surface area contributed by atoms with E-state index in [0.29, 0.717) is 6.42 Å². The van der Waals surface area contributed by atoms with Crippen molar-refractivity contribution in [3.63, 3.8) is 0 Å². The number of nitrogens with one attached hydrogen (secondary N) is 1. The van der Waals surface area contributed by atoms with E-state index in [0.717, 1.165) is 22.6 Å². The Labute approximate surface area is 110 Å². The third kappa shape index (κ3) is 2.47. The molecule has 1 atom stereocenters. The van der Waals surface area contributed by atoms with Crippen LogP contribution in [0.25, 0.3) is 10.9 Å². The maximum atomic E-state index is 13.1. The molecule has 1 aromatic carbocycles. The van der Waals surface area contributed by atoms with Crippen LogP contribution in [0, 0.1) is 5.92 Å². The van der Waals surface area contributed by atoms with Crippen LogP contribution in [-0.2, 0) is 0 Å². The Hall–Kier alpha value is -2.23. The number of aromatic nitrogens is 1. The summed E-state index contributed by atoms with van der Waals surface area (Å²) in [6.07, 6.45) is 1.66. The van der Waals surface area contributed by atoms with Crippen LogP contribution in [0.5, 0.6) is 0 Å². The van der Waals surface area contributed by atoms with Gasteiger partial charge in [-0.25, -0.2) is 14.4 Å². The summed E-state index contributed by atoms with van der Waals surface area (Å²) in [5.41, 5.74) is 0.929. The smallest absolute Gasteiger partial charge is 0.131 e. The van der Waals surface area contributed by atoms with Gasteiger partial charge in [0.1, 0.15) is 17.5 Å². The first-order valence-electron chi connectivity index (χ1n) is 6.27. The topological polar surface area (TPSA) is 37.3 Å². The van der Waals surface area contributed by atoms with E-state index < -0.39 is 0 Å². The Morgan fingerprint density at radius 2 is 2.05 bits per heavy atom. The van der Waals surface area contributed by atoms with Crippen molar-refractivity contribution in [1.29, 1.82) is 0 Å². The summed E-state index contributed by atoms with van der Waals surface area (Å²) < 4.78 is 13.1. The molecule has 4 heteroatoms. The monoisotopic (exact) mass is 255 g/mol. The van der Waals surface area contributed by atoms with Crippen LogP contribution in [0.2, 0.25) is 0 Å². The van der Waals surface area contributed by atoms with Gasteiger partial charge in [0.2, 0.25) is 0 Å². The van der Waals surface area contributed by atoms with Gasteiger partial charge in [0, 0.05) is 17.7 Å². The lowest BCUT2D eigenvalue weighted by Crippen LogP contribution is -2.23. The van der Waals surface area contributed by atoms with Gasteiger partial charge in [0.15, 0.2) is 0 Å². The van der Waals surface area contributed by atoms with Gasteiger partial charge >= 0.3 is 0 Å². The molecule has 1 N–H and O–H groups in total. The molecule has 1 aliphatic rings. The predicted molar refractivity (Wildman–Crippen MR) is 75.8 cm³/mol. The first kappa shape index (κ1) is 11.8. The Morgan fingerprint density at radius 1 is 1.21 bits per heavy atom. The van der Waals surface area contributed by atoms with Crippen LogP contribution >= 0.6 is 0 Å². The van der Waals surface area contributed by atoms with Crippen LogP contribution in [0.15, 0.2) is 53.4 Å². The molecule has 1 aromatic heterocycles. The summed E-state index contributed by atoms with van der Waals surface area (Å²) in [5, 5.41) is 4.27. The average molecular weight is 255 g/mol. The number of pyridine rings is 1. The lowest BCUT2D eigenvalue weighted by Gasteiger charge is -2.18. The maximum Gasteiger partial charge on any atom is 0.131 e. The Balaban J connectivity index is 1.89. The number of para-hydroxylation sites is 1. The van der Waals surface area contributed by atoms with Gasteiger partial charge in [-0.2, -0.15) is 0 Å². The van der Waals surface area contributed by atoms with Crippen molar-refractivity contribution >= 4 is 22.6 Å². The molecule has 2 heterocycles. The van der Waals surface area contributed by atoms with Crippen LogP contribution in [-0.4, -0.2) is 10.8 Å². The van der Waals surface area contributed by atoms with Crippen molar-refractivity contribution < 1.29 is 4.39 Å². The Kier molecular flexibility index (Phi) is 2.99. The van der Waals surface area contributed by atoms with E-state index in [-0.39, 0.29) is 11.7 Å². The molecular formula is C15H14FN3. The van der Waals surface area contributed by atoms with Gasteiger partial charge in [0.05, 0.1) is 11.7 Å². The molecule has 1 unspecified atom stereocenters. The number of aliphatic imine (C=N–C) groups is 1. The molecule has 0 fully saturated rings. The molecule has 0 aliphatic carbocycles. The van der Waals surface area contributed by atoms with Gasteiger partial charge < -0.3 is 5.32 Å². The second kappa shape index (κ2) is 4.80. The molecule has 96 valence electrons. The van der Waals surface area contributed by atoms with Crippen molar-refractivity contribution in [2.75, 3.05) is 5.32 Å². The molecular weight excluding hydrogens is 241 g/mol. The number of hydrogen-bond acceptors (Lipinski definition) is 3. The van der Waals surface area contributed by atoms with Gasteiger partial charge in [-0.15, -0.1) is 0 Å². The summed E-state index contributed by atoms with van der Waals surface area (Å²) in [7, 11) is 0. The highest BCUT2D eigenvalue weighted by Crippen LogP contribution is 2.21. The molecule has 0 saturated heterocycles. The molecule has 2 aromatic rings. The van der Waals surface area contributed by atoms with Crippen LogP contribution in [0.1, 0.15) is 13.3 Å². The molecule has 0 bridgehead atoms. The number of anilines is 1. The highest BCUT2D eigenvalue weighted by Gasteiger charge is 2.17. The standard InChI is InChI=1S/C15H14FN3/c1-10-8-12(16)9-17-15(10)19-14-7-6-11-4-2-3-5-13(11)18-14/h2-7,9-10H,8H2,1H3,(H,17,18,19). The second-order valence-electron chi connectivity index (χ2n) is 4.71. The average Bonchev–Trinajstić information content (AvgIpc) is 2.42. The van der Waals surface area contributed by atoms with Crippen molar-refractivity contribution in [3.8, 4) is 0 Å². The second-order valence-corrected chi connectivity index (χ2v) is 4.71. The van der Waals surface area contributed by atoms with E-state index >= 15 is 0 Å². The zero-order valence-electron chi connectivity index (χ0n) is 10.6. The summed E-state index contributed by atoms with van der Waals surface area (Å²) in [5.74, 6) is 1.35. The summed E-state index contributed by atoms with van der Waals surface area (Å²) in [6.45, 7) is 1.94. The molecule has 3 nitrogen and oxygen atoms in total. The summed E-state index contributed by atoms with van der Waals surface area (Å²) in [6, 6.07) is 11.8. The largest absolute Gasteiger partial charge is 0.328 e. The zero-order valence-corrected chi connectivity index (χ0v) is 10.6. The fourth-order valence-electron chi connectivity index (χ4n) is 2.13. The number of allylic oxidation sites excluding steroid dienone is 1.